The Morgan fingerprint density at radius 2 is 2.25 bits per heavy atom. The molecule has 1 saturated heterocycles. The molecule has 0 aromatic carbocycles. The van der Waals surface area contributed by atoms with Crippen LogP contribution < -0.4 is 5.73 Å². The first kappa shape index (κ1) is 16.1. The molecule has 1 unspecified atom stereocenters. The quantitative estimate of drug-likeness (QED) is 0.891. The molecule has 1 atom stereocenters. The van der Waals surface area contributed by atoms with Crippen molar-refractivity contribution in [2.45, 2.75) is 44.6 Å². The van der Waals surface area contributed by atoms with E-state index in [1.54, 1.807) is 0 Å². The van der Waals surface area contributed by atoms with Gasteiger partial charge < -0.3 is 10.6 Å². The fraction of sp³-hybridized carbons (Fsp3) is 0.643. The lowest BCUT2D eigenvalue weighted by molar-refractivity contribution is -0.134. The number of amides is 1. The molecule has 1 aromatic heterocycles. The first-order chi connectivity index (χ1) is 9.61. The number of piperidine rings is 1. The minimum Gasteiger partial charge on any atom is -0.338 e. The molecule has 6 heteroatoms. The third-order valence-electron chi connectivity index (χ3n) is 3.78. The van der Waals surface area contributed by atoms with Gasteiger partial charge >= 0.3 is 0 Å². The van der Waals surface area contributed by atoms with Crippen molar-refractivity contribution in [2.75, 3.05) is 13.1 Å². The number of likely N-dealkylation sites (tertiary alicyclic amines) is 1. The number of aryl methyl sites for hydroxylation is 1. The summed E-state index contributed by atoms with van der Waals surface area (Å²) in [5.74, 6) is 0.220. The SMILES string of the molecule is NCC1CCCCN1C(=O)CCCc1cc(Cl)sc1Cl. The van der Waals surface area contributed by atoms with Gasteiger partial charge in [-0.2, -0.15) is 0 Å². The third-order valence-corrected chi connectivity index (χ3v) is 5.35. The lowest BCUT2D eigenvalue weighted by atomic mass is 10.0. The van der Waals surface area contributed by atoms with E-state index in [0.717, 1.165) is 42.1 Å². The van der Waals surface area contributed by atoms with Crippen LogP contribution in [0.15, 0.2) is 6.07 Å². The number of thiophene rings is 1. The van der Waals surface area contributed by atoms with Gasteiger partial charge in [0.05, 0.1) is 8.67 Å². The first-order valence-electron chi connectivity index (χ1n) is 7.05. The molecule has 112 valence electrons. The highest BCUT2D eigenvalue weighted by molar-refractivity contribution is 7.20. The molecule has 0 radical (unpaired) electrons. The van der Waals surface area contributed by atoms with Crippen molar-refractivity contribution in [1.82, 2.24) is 4.90 Å². The zero-order chi connectivity index (χ0) is 14.5. The molecule has 0 aliphatic carbocycles. The maximum Gasteiger partial charge on any atom is 0.222 e. The maximum absolute atomic E-state index is 12.3. The Kier molecular flexibility index (Phi) is 6.15. The highest BCUT2D eigenvalue weighted by Gasteiger charge is 2.24. The van der Waals surface area contributed by atoms with Gasteiger partial charge in [-0.05, 0) is 43.7 Å². The minimum absolute atomic E-state index is 0.220. The van der Waals surface area contributed by atoms with Gasteiger partial charge in [-0.25, -0.2) is 0 Å². The van der Waals surface area contributed by atoms with E-state index in [2.05, 4.69) is 0 Å². The molecule has 1 aliphatic rings. The Bertz CT molecular complexity index is 464. The number of carbonyl (C=O) groups is 1. The Labute approximate surface area is 134 Å². The molecule has 0 spiro atoms. The van der Waals surface area contributed by atoms with Crippen LogP contribution >= 0.6 is 34.5 Å². The van der Waals surface area contributed by atoms with E-state index in [-0.39, 0.29) is 11.9 Å². The predicted molar refractivity (Wildman–Crippen MR) is 85.7 cm³/mol. The smallest absolute Gasteiger partial charge is 0.222 e. The van der Waals surface area contributed by atoms with Crippen LogP contribution in [-0.4, -0.2) is 29.9 Å². The molecule has 1 amide bonds. The van der Waals surface area contributed by atoms with Crippen molar-refractivity contribution in [3.63, 3.8) is 0 Å². The van der Waals surface area contributed by atoms with Gasteiger partial charge in [0, 0.05) is 25.6 Å². The van der Waals surface area contributed by atoms with Gasteiger partial charge in [0.15, 0.2) is 0 Å². The predicted octanol–water partition coefficient (Wildman–Crippen LogP) is 3.72. The third kappa shape index (κ3) is 4.10. The van der Waals surface area contributed by atoms with Crippen LogP contribution in [0.3, 0.4) is 0 Å². The summed E-state index contributed by atoms with van der Waals surface area (Å²) in [5.41, 5.74) is 6.79. The van der Waals surface area contributed by atoms with Gasteiger partial charge in [-0.3, -0.25) is 4.79 Å². The second kappa shape index (κ2) is 7.64. The van der Waals surface area contributed by atoms with E-state index in [9.17, 15) is 4.79 Å². The average Bonchev–Trinajstić information content (AvgIpc) is 2.77. The zero-order valence-electron chi connectivity index (χ0n) is 11.4. The van der Waals surface area contributed by atoms with E-state index in [1.165, 1.54) is 17.8 Å². The summed E-state index contributed by atoms with van der Waals surface area (Å²) in [6, 6.07) is 2.12. The van der Waals surface area contributed by atoms with Crippen molar-refractivity contribution < 1.29 is 4.79 Å². The minimum atomic E-state index is 0.220. The Morgan fingerprint density at radius 3 is 2.90 bits per heavy atom. The number of carbonyl (C=O) groups excluding carboxylic acids is 1. The molecule has 1 aliphatic heterocycles. The molecular formula is C14H20Cl2N2OS. The summed E-state index contributed by atoms with van der Waals surface area (Å²) in [4.78, 5) is 14.2. The number of hydrogen-bond donors (Lipinski definition) is 1. The molecule has 0 saturated carbocycles. The van der Waals surface area contributed by atoms with Gasteiger partial charge in [-0.15, -0.1) is 11.3 Å². The van der Waals surface area contributed by atoms with Gasteiger partial charge in [0.1, 0.15) is 0 Å². The molecule has 2 rings (SSSR count). The van der Waals surface area contributed by atoms with E-state index in [0.29, 0.717) is 17.3 Å². The standard InChI is InChI=1S/C14H20Cl2N2OS/c15-12-8-10(14(16)20-12)4-3-6-13(19)18-7-2-1-5-11(18)9-17/h8,11H,1-7,9,17H2. The normalized spacial score (nSPS) is 19.4. The molecule has 20 heavy (non-hydrogen) atoms. The van der Waals surface area contributed by atoms with E-state index in [1.807, 2.05) is 11.0 Å². The van der Waals surface area contributed by atoms with E-state index >= 15 is 0 Å². The topological polar surface area (TPSA) is 46.3 Å². The number of nitrogens with zero attached hydrogens (tertiary/aromatic N) is 1. The van der Waals surface area contributed by atoms with Crippen molar-refractivity contribution >= 4 is 40.4 Å². The fourth-order valence-corrected chi connectivity index (χ4v) is 4.24. The molecule has 1 fully saturated rings. The number of nitrogens with two attached hydrogens (primary N) is 1. The lowest BCUT2D eigenvalue weighted by Gasteiger charge is -2.35. The van der Waals surface area contributed by atoms with E-state index < -0.39 is 0 Å². The van der Waals surface area contributed by atoms with Gasteiger partial charge in [0.25, 0.3) is 0 Å². The highest BCUT2D eigenvalue weighted by Crippen LogP contribution is 2.32. The average molecular weight is 335 g/mol. The van der Waals surface area contributed by atoms with Crippen molar-refractivity contribution in [1.29, 1.82) is 0 Å². The van der Waals surface area contributed by atoms with Crippen molar-refractivity contribution in [3.05, 3.63) is 20.3 Å². The first-order valence-corrected chi connectivity index (χ1v) is 8.62. The monoisotopic (exact) mass is 334 g/mol. The maximum atomic E-state index is 12.3. The molecule has 2 N–H and O–H groups in total. The number of hydrogen-bond acceptors (Lipinski definition) is 3. The van der Waals surface area contributed by atoms with Crippen LogP contribution in [0.5, 0.6) is 0 Å². The largest absolute Gasteiger partial charge is 0.338 e. The Hall–Kier alpha value is -0.290. The summed E-state index contributed by atoms with van der Waals surface area (Å²) in [6.45, 7) is 1.42. The van der Waals surface area contributed by atoms with Crippen LogP contribution in [0.2, 0.25) is 8.67 Å². The Morgan fingerprint density at radius 1 is 1.45 bits per heavy atom. The summed E-state index contributed by atoms with van der Waals surface area (Å²) in [6.07, 6.45) is 5.46. The number of halogens is 2. The summed E-state index contributed by atoms with van der Waals surface area (Å²) < 4.78 is 1.44. The van der Waals surface area contributed by atoms with E-state index in [4.69, 9.17) is 28.9 Å². The summed E-state index contributed by atoms with van der Waals surface area (Å²) in [7, 11) is 0. The van der Waals surface area contributed by atoms with Crippen molar-refractivity contribution in [3.8, 4) is 0 Å². The Balaban J connectivity index is 1.81. The molecular weight excluding hydrogens is 315 g/mol. The number of rotatable bonds is 5. The van der Waals surface area contributed by atoms with Crippen molar-refractivity contribution in [2.24, 2.45) is 5.73 Å². The molecule has 0 bridgehead atoms. The van der Waals surface area contributed by atoms with Gasteiger partial charge in [0.2, 0.25) is 5.91 Å². The zero-order valence-corrected chi connectivity index (χ0v) is 13.7. The summed E-state index contributed by atoms with van der Waals surface area (Å²) in [5, 5.41) is 0. The van der Waals surface area contributed by atoms with Crippen LogP contribution in [-0.2, 0) is 11.2 Å². The van der Waals surface area contributed by atoms with Crippen LogP contribution in [0.1, 0.15) is 37.7 Å². The second-order valence-electron chi connectivity index (χ2n) is 5.18. The van der Waals surface area contributed by atoms with Crippen LogP contribution in [0.25, 0.3) is 0 Å². The van der Waals surface area contributed by atoms with Crippen LogP contribution in [0.4, 0.5) is 0 Å². The van der Waals surface area contributed by atoms with Gasteiger partial charge in [-0.1, -0.05) is 23.2 Å². The second-order valence-corrected chi connectivity index (χ2v) is 7.46. The molecule has 2 heterocycles. The highest BCUT2D eigenvalue weighted by atomic mass is 35.5. The fourth-order valence-electron chi connectivity index (χ4n) is 2.69. The van der Waals surface area contributed by atoms with Crippen LogP contribution in [0, 0.1) is 0 Å². The summed E-state index contributed by atoms with van der Waals surface area (Å²) >= 11 is 13.4. The molecule has 1 aromatic rings. The lowest BCUT2D eigenvalue weighted by Crippen LogP contribution is -2.47. The molecule has 3 nitrogen and oxygen atoms in total.